The van der Waals surface area contributed by atoms with Crippen molar-refractivity contribution in [3.63, 3.8) is 0 Å². The normalized spacial score (nSPS) is 11.5. The van der Waals surface area contributed by atoms with Gasteiger partial charge in [0.2, 0.25) is 5.91 Å². The van der Waals surface area contributed by atoms with Gasteiger partial charge in [0.25, 0.3) is 0 Å². The van der Waals surface area contributed by atoms with Crippen LogP contribution in [0.2, 0.25) is 0 Å². The second-order valence-corrected chi connectivity index (χ2v) is 4.61. The predicted molar refractivity (Wildman–Crippen MR) is 63.3 cm³/mol. The molecule has 5 nitrogen and oxygen atoms in total. The van der Waals surface area contributed by atoms with Crippen LogP contribution in [0.5, 0.6) is 0 Å². The Kier molecular flexibility index (Phi) is 8.15. The average molecular weight is 232 g/mol. The zero-order valence-electron chi connectivity index (χ0n) is 10.5. The van der Waals surface area contributed by atoms with Crippen LogP contribution in [0.1, 0.15) is 27.2 Å². The third kappa shape index (κ3) is 11.4. The van der Waals surface area contributed by atoms with Gasteiger partial charge in [0, 0.05) is 25.0 Å². The quantitative estimate of drug-likeness (QED) is 0.511. The van der Waals surface area contributed by atoms with Gasteiger partial charge in [0.15, 0.2) is 0 Å². The lowest BCUT2D eigenvalue weighted by Gasteiger charge is -2.20. The molecule has 0 saturated heterocycles. The molecule has 0 atom stereocenters. The average Bonchev–Trinajstić information content (AvgIpc) is 2.15. The number of aliphatic hydroxyl groups excluding tert-OH is 1. The number of carbonyl (C=O) groups is 1. The fraction of sp³-hybridized carbons (Fsp3) is 0.909. The highest BCUT2D eigenvalue weighted by Gasteiger charge is 2.09. The number of amides is 1. The Bertz CT molecular complexity index is 190. The predicted octanol–water partition coefficient (Wildman–Crippen LogP) is -0.110. The number of nitrogens with one attached hydrogen (secondary N) is 2. The molecule has 0 bridgehead atoms. The summed E-state index contributed by atoms with van der Waals surface area (Å²) in [4.78, 5) is 11.3. The van der Waals surface area contributed by atoms with Crippen molar-refractivity contribution < 1.29 is 14.6 Å². The Morgan fingerprint density at radius 3 is 2.50 bits per heavy atom. The molecule has 0 aliphatic rings. The maximum atomic E-state index is 11.3. The van der Waals surface area contributed by atoms with Crippen LogP contribution in [-0.4, -0.2) is 49.5 Å². The first-order chi connectivity index (χ1) is 7.45. The van der Waals surface area contributed by atoms with Gasteiger partial charge in [-0.05, 0) is 20.8 Å². The van der Waals surface area contributed by atoms with E-state index < -0.39 is 0 Å². The Morgan fingerprint density at radius 1 is 1.25 bits per heavy atom. The molecule has 0 aliphatic carbocycles. The summed E-state index contributed by atoms with van der Waals surface area (Å²) in [5.74, 6) is 0.0179. The van der Waals surface area contributed by atoms with E-state index in [9.17, 15) is 4.79 Å². The van der Waals surface area contributed by atoms with E-state index >= 15 is 0 Å². The molecule has 0 aliphatic heterocycles. The molecule has 0 fully saturated rings. The first-order valence-corrected chi connectivity index (χ1v) is 5.66. The molecule has 0 rings (SSSR count). The zero-order chi connectivity index (χ0) is 12.4. The lowest BCUT2D eigenvalue weighted by Crippen LogP contribution is -2.38. The van der Waals surface area contributed by atoms with Crippen molar-refractivity contribution in [2.75, 3.05) is 32.9 Å². The van der Waals surface area contributed by atoms with E-state index in [0.717, 1.165) is 0 Å². The highest BCUT2D eigenvalue weighted by molar-refractivity contribution is 5.76. The molecular formula is C11H24N2O3. The number of rotatable bonds is 8. The summed E-state index contributed by atoms with van der Waals surface area (Å²) in [6, 6.07) is 0. The van der Waals surface area contributed by atoms with Crippen molar-refractivity contribution in [2.24, 2.45) is 0 Å². The molecule has 0 radical (unpaired) electrons. The van der Waals surface area contributed by atoms with E-state index in [1.807, 2.05) is 0 Å². The number of hydrogen-bond donors (Lipinski definition) is 3. The fourth-order valence-electron chi connectivity index (χ4n) is 1.07. The first kappa shape index (κ1) is 15.3. The van der Waals surface area contributed by atoms with E-state index in [2.05, 4.69) is 31.4 Å². The summed E-state index contributed by atoms with van der Waals surface area (Å²) in [5, 5.41) is 14.4. The van der Waals surface area contributed by atoms with E-state index in [1.165, 1.54) is 0 Å². The van der Waals surface area contributed by atoms with Gasteiger partial charge in [0.1, 0.15) is 0 Å². The molecule has 0 aromatic rings. The van der Waals surface area contributed by atoms with E-state index in [-0.39, 0.29) is 18.1 Å². The molecule has 0 heterocycles. The van der Waals surface area contributed by atoms with Gasteiger partial charge in [-0.2, -0.15) is 0 Å². The van der Waals surface area contributed by atoms with Crippen molar-refractivity contribution in [1.29, 1.82) is 0 Å². The Balaban J connectivity index is 3.32. The number of aliphatic hydroxyl groups is 1. The Hall–Kier alpha value is -0.650. The van der Waals surface area contributed by atoms with Gasteiger partial charge < -0.3 is 20.5 Å². The molecule has 0 spiro atoms. The topological polar surface area (TPSA) is 70.6 Å². The Labute approximate surface area is 97.6 Å². The van der Waals surface area contributed by atoms with Crippen LogP contribution in [0.15, 0.2) is 0 Å². The van der Waals surface area contributed by atoms with Crippen LogP contribution >= 0.6 is 0 Å². The molecular weight excluding hydrogens is 208 g/mol. The third-order valence-corrected chi connectivity index (χ3v) is 1.81. The van der Waals surface area contributed by atoms with Crippen molar-refractivity contribution in [3.8, 4) is 0 Å². The van der Waals surface area contributed by atoms with E-state index in [1.54, 1.807) is 0 Å². The molecule has 16 heavy (non-hydrogen) atoms. The smallest absolute Gasteiger partial charge is 0.221 e. The summed E-state index contributed by atoms with van der Waals surface area (Å²) in [5.41, 5.74) is 0.0461. The molecule has 1 amide bonds. The first-order valence-electron chi connectivity index (χ1n) is 5.66. The summed E-state index contributed by atoms with van der Waals surface area (Å²) in [6.07, 6.45) is 0.470. The van der Waals surface area contributed by atoms with Crippen LogP contribution in [0.3, 0.4) is 0 Å². The SMILES string of the molecule is CC(C)(C)NCCC(=O)NCCOCCO. The summed E-state index contributed by atoms with van der Waals surface area (Å²) in [7, 11) is 0. The van der Waals surface area contributed by atoms with Gasteiger partial charge in [-0.25, -0.2) is 0 Å². The second kappa shape index (κ2) is 8.50. The molecule has 0 saturated carbocycles. The molecule has 0 aromatic heterocycles. The highest BCUT2D eigenvalue weighted by atomic mass is 16.5. The number of ether oxygens (including phenoxy) is 1. The van der Waals surface area contributed by atoms with Crippen LogP contribution in [0.25, 0.3) is 0 Å². The van der Waals surface area contributed by atoms with Crippen molar-refractivity contribution in [1.82, 2.24) is 10.6 Å². The number of carbonyl (C=O) groups excluding carboxylic acids is 1. The van der Waals surface area contributed by atoms with Crippen LogP contribution in [-0.2, 0) is 9.53 Å². The molecule has 96 valence electrons. The largest absolute Gasteiger partial charge is 0.394 e. The summed E-state index contributed by atoms with van der Waals surface area (Å²) >= 11 is 0. The Morgan fingerprint density at radius 2 is 1.94 bits per heavy atom. The third-order valence-electron chi connectivity index (χ3n) is 1.81. The van der Waals surface area contributed by atoms with Crippen molar-refractivity contribution in [3.05, 3.63) is 0 Å². The lowest BCUT2D eigenvalue weighted by molar-refractivity contribution is -0.121. The highest BCUT2D eigenvalue weighted by Crippen LogP contribution is 1.97. The summed E-state index contributed by atoms with van der Waals surface area (Å²) in [6.45, 7) is 8.14. The van der Waals surface area contributed by atoms with Crippen LogP contribution < -0.4 is 10.6 Å². The van der Waals surface area contributed by atoms with Crippen LogP contribution in [0, 0.1) is 0 Å². The molecule has 5 heteroatoms. The van der Waals surface area contributed by atoms with E-state index in [4.69, 9.17) is 9.84 Å². The van der Waals surface area contributed by atoms with Gasteiger partial charge in [-0.1, -0.05) is 0 Å². The lowest BCUT2D eigenvalue weighted by atomic mass is 10.1. The summed E-state index contributed by atoms with van der Waals surface area (Å²) < 4.78 is 5.01. The van der Waals surface area contributed by atoms with Crippen molar-refractivity contribution >= 4 is 5.91 Å². The molecule has 3 N–H and O–H groups in total. The molecule has 0 unspecified atom stereocenters. The fourth-order valence-corrected chi connectivity index (χ4v) is 1.07. The monoisotopic (exact) mass is 232 g/mol. The maximum Gasteiger partial charge on any atom is 0.221 e. The van der Waals surface area contributed by atoms with Crippen molar-refractivity contribution in [2.45, 2.75) is 32.7 Å². The minimum Gasteiger partial charge on any atom is -0.394 e. The van der Waals surface area contributed by atoms with Gasteiger partial charge >= 0.3 is 0 Å². The van der Waals surface area contributed by atoms with E-state index in [0.29, 0.717) is 32.7 Å². The minimum absolute atomic E-state index is 0.0173. The maximum absolute atomic E-state index is 11.3. The van der Waals surface area contributed by atoms with Crippen LogP contribution in [0.4, 0.5) is 0 Å². The molecule has 0 aromatic carbocycles. The van der Waals surface area contributed by atoms with Gasteiger partial charge in [0.05, 0.1) is 19.8 Å². The van der Waals surface area contributed by atoms with Gasteiger partial charge in [-0.3, -0.25) is 4.79 Å². The minimum atomic E-state index is 0.0173. The van der Waals surface area contributed by atoms with Gasteiger partial charge in [-0.15, -0.1) is 0 Å². The second-order valence-electron chi connectivity index (χ2n) is 4.61. The standard InChI is InChI=1S/C11H24N2O3/c1-11(2,3)13-5-4-10(15)12-6-8-16-9-7-14/h13-14H,4-9H2,1-3H3,(H,12,15). The zero-order valence-corrected chi connectivity index (χ0v) is 10.5. The number of hydrogen-bond acceptors (Lipinski definition) is 4.